The Hall–Kier alpha value is -1.63. The quantitative estimate of drug-likeness (QED) is 0.898. The van der Waals surface area contributed by atoms with Crippen molar-refractivity contribution < 1.29 is 9.53 Å². The Balaban J connectivity index is 0.00000192. The van der Waals surface area contributed by atoms with E-state index in [0.29, 0.717) is 19.6 Å². The zero-order chi connectivity index (χ0) is 15.5. The first-order valence-corrected chi connectivity index (χ1v) is 7.72. The second kappa shape index (κ2) is 7.77. The van der Waals surface area contributed by atoms with Crippen LogP contribution < -0.4 is 10.6 Å². The zero-order valence-electron chi connectivity index (χ0n) is 13.4. The molecule has 1 atom stereocenters. The van der Waals surface area contributed by atoms with Crippen LogP contribution in [0.2, 0.25) is 0 Å². The second-order valence-electron chi connectivity index (χ2n) is 5.93. The fourth-order valence-electron chi connectivity index (χ4n) is 2.71. The van der Waals surface area contributed by atoms with Gasteiger partial charge in [-0.3, -0.25) is 9.48 Å². The van der Waals surface area contributed by atoms with Gasteiger partial charge < -0.3 is 15.4 Å². The van der Waals surface area contributed by atoms with Crippen molar-refractivity contribution in [3.63, 3.8) is 0 Å². The Morgan fingerprint density at radius 2 is 2.35 bits per heavy atom. The van der Waals surface area contributed by atoms with Gasteiger partial charge in [-0.1, -0.05) is 0 Å². The molecule has 1 fully saturated rings. The van der Waals surface area contributed by atoms with E-state index >= 15 is 0 Å². The highest BCUT2D eigenvalue weighted by Crippen LogP contribution is 2.22. The maximum Gasteiger partial charge on any atom is 0.226 e. The molecule has 2 N–H and O–H groups in total. The minimum Gasteiger partial charge on any atom is -0.378 e. The van der Waals surface area contributed by atoms with E-state index in [4.69, 9.17) is 4.74 Å². The van der Waals surface area contributed by atoms with Crippen molar-refractivity contribution >= 4 is 34.9 Å². The molecule has 0 radical (unpaired) electrons. The largest absolute Gasteiger partial charge is 0.378 e. The average Bonchev–Trinajstić information content (AvgIpc) is 2.91. The molecule has 23 heavy (non-hydrogen) atoms. The van der Waals surface area contributed by atoms with Crippen LogP contribution in [0.25, 0.3) is 10.9 Å². The van der Waals surface area contributed by atoms with E-state index < -0.39 is 0 Å². The number of amides is 1. The van der Waals surface area contributed by atoms with Gasteiger partial charge in [-0.25, -0.2) is 0 Å². The van der Waals surface area contributed by atoms with Gasteiger partial charge in [0.05, 0.1) is 24.9 Å². The molecule has 2 aromatic rings. The SMILES string of the molecule is CC(C)n1ncc2ccc(NC(=O)CC3COCCN3)cc21.Cl. The van der Waals surface area contributed by atoms with E-state index in [1.54, 1.807) is 0 Å². The minimum atomic E-state index is -0.00189. The van der Waals surface area contributed by atoms with Crippen molar-refractivity contribution in [1.29, 1.82) is 0 Å². The molecule has 126 valence electrons. The Morgan fingerprint density at radius 3 is 3.04 bits per heavy atom. The number of anilines is 1. The summed E-state index contributed by atoms with van der Waals surface area (Å²) in [4.78, 5) is 12.1. The summed E-state index contributed by atoms with van der Waals surface area (Å²) in [6.45, 7) is 6.29. The van der Waals surface area contributed by atoms with Gasteiger partial charge in [-0.2, -0.15) is 5.10 Å². The Morgan fingerprint density at radius 1 is 1.52 bits per heavy atom. The maximum absolute atomic E-state index is 12.1. The first kappa shape index (κ1) is 17.7. The lowest BCUT2D eigenvalue weighted by Gasteiger charge is -2.23. The minimum absolute atomic E-state index is 0. The van der Waals surface area contributed by atoms with Gasteiger partial charge in [-0.15, -0.1) is 12.4 Å². The van der Waals surface area contributed by atoms with Crippen LogP contribution in [0.15, 0.2) is 24.4 Å². The van der Waals surface area contributed by atoms with Gasteiger partial charge in [0.2, 0.25) is 5.91 Å². The third-order valence-corrected chi connectivity index (χ3v) is 3.80. The number of fused-ring (bicyclic) bond motifs is 1. The molecule has 1 aliphatic rings. The van der Waals surface area contributed by atoms with Gasteiger partial charge in [0.15, 0.2) is 0 Å². The number of halogens is 1. The predicted octanol–water partition coefficient (Wildman–Crippen LogP) is 2.36. The Kier molecular flexibility index (Phi) is 5.98. The lowest BCUT2D eigenvalue weighted by atomic mass is 10.2. The molecule has 6 nitrogen and oxygen atoms in total. The first-order chi connectivity index (χ1) is 10.6. The first-order valence-electron chi connectivity index (χ1n) is 7.72. The fraction of sp³-hybridized carbons (Fsp3) is 0.500. The molecule has 0 bridgehead atoms. The molecule has 1 aliphatic heterocycles. The maximum atomic E-state index is 12.1. The van der Waals surface area contributed by atoms with Crippen molar-refractivity contribution in [3.8, 4) is 0 Å². The molecular weight excluding hydrogens is 316 g/mol. The van der Waals surface area contributed by atoms with Crippen molar-refractivity contribution in [2.45, 2.75) is 32.4 Å². The number of nitrogens with one attached hydrogen (secondary N) is 2. The van der Waals surface area contributed by atoms with E-state index in [0.717, 1.165) is 23.1 Å². The fourth-order valence-corrected chi connectivity index (χ4v) is 2.71. The molecule has 1 amide bonds. The summed E-state index contributed by atoms with van der Waals surface area (Å²) < 4.78 is 7.33. The molecule has 0 spiro atoms. The van der Waals surface area contributed by atoms with Crippen LogP contribution in [0.5, 0.6) is 0 Å². The van der Waals surface area contributed by atoms with Crippen LogP contribution in [0.1, 0.15) is 26.3 Å². The molecule has 7 heteroatoms. The molecular formula is C16H23ClN4O2. The van der Waals surface area contributed by atoms with Crippen LogP contribution in [-0.2, 0) is 9.53 Å². The average molecular weight is 339 g/mol. The number of benzene rings is 1. The zero-order valence-corrected chi connectivity index (χ0v) is 14.2. The molecule has 0 saturated carbocycles. The van der Waals surface area contributed by atoms with Gasteiger partial charge in [0.1, 0.15) is 0 Å². The Labute approximate surface area is 142 Å². The molecule has 3 rings (SSSR count). The Bertz CT molecular complexity index is 665. The molecule has 1 aromatic heterocycles. The van der Waals surface area contributed by atoms with Crippen LogP contribution in [-0.4, -0.2) is 41.5 Å². The number of aromatic nitrogens is 2. The van der Waals surface area contributed by atoms with Gasteiger partial charge in [0, 0.05) is 36.1 Å². The summed E-state index contributed by atoms with van der Waals surface area (Å²) in [5, 5.41) is 11.7. The van der Waals surface area contributed by atoms with E-state index in [1.165, 1.54) is 0 Å². The highest BCUT2D eigenvalue weighted by molar-refractivity contribution is 5.93. The van der Waals surface area contributed by atoms with Crippen molar-refractivity contribution in [1.82, 2.24) is 15.1 Å². The number of carbonyl (C=O) groups is 1. The summed E-state index contributed by atoms with van der Waals surface area (Å²) in [7, 11) is 0. The number of morpholine rings is 1. The smallest absolute Gasteiger partial charge is 0.226 e. The van der Waals surface area contributed by atoms with Crippen LogP contribution in [0.4, 0.5) is 5.69 Å². The number of nitrogens with zero attached hydrogens (tertiary/aromatic N) is 2. The molecule has 1 saturated heterocycles. The van der Waals surface area contributed by atoms with E-state index in [2.05, 4.69) is 29.6 Å². The number of ether oxygens (including phenoxy) is 1. The van der Waals surface area contributed by atoms with Crippen LogP contribution >= 0.6 is 12.4 Å². The number of hydrogen-bond acceptors (Lipinski definition) is 4. The van der Waals surface area contributed by atoms with Gasteiger partial charge in [-0.05, 0) is 32.0 Å². The summed E-state index contributed by atoms with van der Waals surface area (Å²) in [6.07, 6.45) is 2.27. The highest BCUT2D eigenvalue weighted by atomic mass is 35.5. The van der Waals surface area contributed by atoms with Crippen molar-refractivity contribution in [2.75, 3.05) is 25.1 Å². The van der Waals surface area contributed by atoms with E-state index in [9.17, 15) is 4.79 Å². The summed E-state index contributed by atoms with van der Waals surface area (Å²) in [5.41, 5.74) is 1.84. The van der Waals surface area contributed by atoms with Crippen LogP contribution in [0, 0.1) is 0 Å². The third-order valence-electron chi connectivity index (χ3n) is 3.80. The van der Waals surface area contributed by atoms with E-state index in [1.807, 2.05) is 29.1 Å². The summed E-state index contributed by atoms with van der Waals surface area (Å²) in [6, 6.07) is 6.26. The summed E-state index contributed by atoms with van der Waals surface area (Å²) in [5.74, 6) is -0.00189. The third kappa shape index (κ3) is 4.22. The van der Waals surface area contributed by atoms with Gasteiger partial charge in [0.25, 0.3) is 0 Å². The molecule has 1 aromatic carbocycles. The lowest BCUT2D eigenvalue weighted by Crippen LogP contribution is -2.43. The van der Waals surface area contributed by atoms with E-state index in [-0.39, 0.29) is 30.4 Å². The number of carbonyl (C=O) groups excluding carboxylic acids is 1. The highest BCUT2D eigenvalue weighted by Gasteiger charge is 2.17. The monoisotopic (exact) mass is 338 g/mol. The van der Waals surface area contributed by atoms with Gasteiger partial charge >= 0.3 is 0 Å². The molecule has 1 unspecified atom stereocenters. The molecule has 2 heterocycles. The number of rotatable bonds is 4. The number of hydrogen-bond donors (Lipinski definition) is 2. The van der Waals surface area contributed by atoms with Crippen molar-refractivity contribution in [2.24, 2.45) is 0 Å². The standard InChI is InChI=1S/C16H22N4O2.ClH/c1-11(2)20-15-7-13(4-3-12(15)9-18-20)19-16(21)8-14-10-22-6-5-17-14;/h3-4,7,9,11,14,17H,5-6,8,10H2,1-2H3,(H,19,21);1H. The molecule has 0 aliphatic carbocycles. The second-order valence-corrected chi connectivity index (χ2v) is 5.93. The summed E-state index contributed by atoms with van der Waals surface area (Å²) >= 11 is 0. The predicted molar refractivity (Wildman–Crippen MR) is 93.2 cm³/mol. The lowest BCUT2D eigenvalue weighted by molar-refractivity contribution is -0.117. The van der Waals surface area contributed by atoms with Crippen LogP contribution in [0.3, 0.4) is 0 Å². The normalized spacial score (nSPS) is 18.0. The van der Waals surface area contributed by atoms with Crippen molar-refractivity contribution in [3.05, 3.63) is 24.4 Å². The topological polar surface area (TPSA) is 68.2 Å².